The molecule has 6 nitrogen and oxygen atoms in total. The molecule has 4 N–H and O–H groups in total. The molecule has 3 aromatic rings. The molecule has 0 aliphatic carbocycles. The Hall–Kier alpha value is -2.37. The van der Waals surface area contributed by atoms with Crippen LogP contribution in [0.4, 0.5) is 5.82 Å². The van der Waals surface area contributed by atoms with E-state index in [0.717, 1.165) is 16.9 Å². The van der Waals surface area contributed by atoms with Gasteiger partial charge in [0.15, 0.2) is 5.65 Å². The highest BCUT2D eigenvalue weighted by Crippen LogP contribution is 2.24. The van der Waals surface area contributed by atoms with Gasteiger partial charge in [-0.2, -0.15) is 0 Å². The molecule has 0 amide bonds. The van der Waals surface area contributed by atoms with Gasteiger partial charge in [0.25, 0.3) is 0 Å². The quantitative estimate of drug-likeness (QED) is 0.544. The topological polar surface area (TPSA) is 96.3 Å². The fraction of sp³-hybridized carbons (Fsp3) is 0. The summed E-state index contributed by atoms with van der Waals surface area (Å²) < 4.78 is 0. The van der Waals surface area contributed by atoms with E-state index in [0.29, 0.717) is 11.5 Å². The maximum absolute atomic E-state index is 5.68. The lowest BCUT2D eigenvalue weighted by Gasteiger charge is -2.00. The predicted molar refractivity (Wildman–Crippen MR) is 55.9 cm³/mol. The van der Waals surface area contributed by atoms with E-state index in [-0.39, 0.29) is 0 Å². The number of hydrogen-bond donors (Lipinski definition) is 3. The van der Waals surface area contributed by atoms with Crippen molar-refractivity contribution in [2.75, 3.05) is 5.73 Å². The molecular formula is C9H8N6. The number of nitrogen functional groups attached to an aromatic ring is 1. The molecule has 6 heteroatoms. The molecule has 0 fully saturated rings. The van der Waals surface area contributed by atoms with Crippen LogP contribution in [0.15, 0.2) is 24.8 Å². The van der Waals surface area contributed by atoms with Crippen molar-refractivity contribution in [2.24, 2.45) is 0 Å². The average Bonchev–Trinajstić information content (AvgIpc) is 2.86. The SMILES string of the molecule is Nc1cc(-c2ncc[nH]2)c2[nH]cnc2n1. The van der Waals surface area contributed by atoms with Crippen LogP contribution in [0, 0.1) is 0 Å². The lowest BCUT2D eigenvalue weighted by molar-refractivity contribution is 1.29. The minimum absolute atomic E-state index is 0.431. The van der Waals surface area contributed by atoms with Gasteiger partial charge in [0.2, 0.25) is 0 Å². The van der Waals surface area contributed by atoms with Crippen LogP contribution in [-0.2, 0) is 0 Å². The summed E-state index contributed by atoms with van der Waals surface area (Å²) in [5.41, 5.74) is 7.99. The predicted octanol–water partition coefficient (Wildman–Crippen LogP) is 0.930. The van der Waals surface area contributed by atoms with Crippen LogP contribution in [0.1, 0.15) is 0 Å². The summed E-state index contributed by atoms with van der Waals surface area (Å²) in [4.78, 5) is 18.4. The molecule has 3 aromatic heterocycles. The molecule has 0 unspecified atom stereocenters. The lowest BCUT2D eigenvalue weighted by atomic mass is 10.2. The van der Waals surface area contributed by atoms with E-state index < -0.39 is 0 Å². The van der Waals surface area contributed by atoms with Gasteiger partial charge in [0.05, 0.1) is 11.8 Å². The van der Waals surface area contributed by atoms with Crippen LogP contribution in [-0.4, -0.2) is 24.9 Å². The molecule has 0 radical (unpaired) electrons. The first-order valence-corrected chi connectivity index (χ1v) is 4.44. The fourth-order valence-corrected chi connectivity index (χ4v) is 1.54. The van der Waals surface area contributed by atoms with E-state index in [9.17, 15) is 0 Å². The van der Waals surface area contributed by atoms with Crippen molar-refractivity contribution in [3.05, 3.63) is 24.8 Å². The van der Waals surface area contributed by atoms with Crippen molar-refractivity contribution in [3.63, 3.8) is 0 Å². The Morgan fingerprint density at radius 3 is 2.93 bits per heavy atom. The molecule has 0 atom stereocenters. The van der Waals surface area contributed by atoms with Crippen LogP contribution in [0.5, 0.6) is 0 Å². The average molecular weight is 200 g/mol. The number of nitrogens with two attached hydrogens (primary N) is 1. The number of fused-ring (bicyclic) bond motifs is 1. The first-order chi connectivity index (χ1) is 7.34. The number of aromatic amines is 2. The van der Waals surface area contributed by atoms with Crippen molar-refractivity contribution < 1.29 is 0 Å². The Morgan fingerprint density at radius 1 is 1.20 bits per heavy atom. The zero-order valence-electron chi connectivity index (χ0n) is 7.73. The summed E-state index contributed by atoms with van der Waals surface area (Å²) >= 11 is 0. The van der Waals surface area contributed by atoms with Gasteiger partial charge in [0.1, 0.15) is 11.6 Å². The number of aromatic nitrogens is 5. The van der Waals surface area contributed by atoms with E-state index in [2.05, 4.69) is 24.9 Å². The van der Waals surface area contributed by atoms with Gasteiger partial charge in [-0.3, -0.25) is 0 Å². The molecule has 0 saturated carbocycles. The third-order valence-electron chi connectivity index (χ3n) is 2.17. The summed E-state index contributed by atoms with van der Waals surface area (Å²) in [5.74, 6) is 1.18. The molecule has 0 aromatic carbocycles. The number of nitrogens with one attached hydrogen (secondary N) is 2. The number of nitrogens with zero attached hydrogens (tertiary/aromatic N) is 3. The third kappa shape index (κ3) is 1.15. The largest absolute Gasteiger partial charge is 0.384 e. The van der Waals surface area contributed by atoms with Gasteiger partial charge < -0.3 is 15.7 Å². The first-order valence-electron chi connectivity index (χ1n) is 4.44. The Morgan fingerprint density at radius 2 is 2.13 bits per heavy atom. The first kappa shape index (κ1) is 7.98. The Bertz CT molecular complexity index is 594. The Kier molecular flexibility index (Phi) is 1.49. The number of rotatable bonds is 1. The van der Waals surface area contributed by atoms with Crippen LogP contribution in [0.2, 0.25) is 0 Å². The van der Waals surface area contributed by atoms with Gasteiger partial charge in [-0.05, 0) is 6.07 Å². The molecule has 0 saturated heterocycles. The Balaban J connectivity index is 2.38. The molecule has 3 heterocycles. The smallest absolute Gasteiger partial charge is 0.180 e. The minimum Gasteiger partial charge on any atom is -0.384 e. The van der Waals surface area contributed by atoms with Crippen molar-refractivity contribution in [2.45, 2.75) is 0 Å². The molecular weight excluding hydrogens is 192 g/mol. The highest BCUT2D eigenvalue weighted by molar-refractivity contribution is 5.88. The standard InChI is InChI=1S/C9H8N6/c10-6-3-5(8-11-1-2-12-8)7-9(15-6)14-4-13-7/h1-4H,(H,11,12)(H3,10,13,14,15). The number of hydrogen-bond acceptors (Lipinski definition) is 4. The van der Waals surface area contributed by atoms with Crippen molar-refractivity contribution >= 4 is 17.0 Å². The number of pyridine rings is 1. The third-order valence-corrected chi connectivity index (χ3v) is 2.17. The highest BCUT2D eigenvalue weighted by atomic mass is 15.0. The van der Waals surface area contributed by atoms with Crippen LogP contribution in [0.25, 0.3) is 22.6 Å². The molecule has 0 spiro atoms. The summed E-state index contributed by atoms with van der Waals surface area (Å²) in [7, 11) is 0. The maximum atomic E-state index is 5.68. The van der Waals surface area contributed by atoms with E-state index in [1.165, 1.54) is 0 Å². The van der Waals surface area contributed by atoms with E-state index >= 15 is 0 Å². The summed E-state index contributed by atoms with van der Waals surface area (Å²) in [6.07, 6.45) is 5.03. The van der Waals surface area contributed by atoms with Gasteiger partial charge >= 0.3 is 0 Å². The normalized spacial score (nSPS) is 10.9. The molecule has 0 aliphatic rings. The van der Waals surface area contributed by atoms with E-state index in [1.54, 1.807) is 24.8 Å². The second-order valence-electron chi connectivity index (χ2n) is 3.13. The molecule has 3 rings (SSSR count). The highest BCUT2D eigenvalue weighted by Gasteiger charge is 2.09. The number of anilines is 1. The van der Waals surface area contributed by atoms with Gasteiger partial charge in [-0.15, -0.1) is 0 Å². The zero-order valence-corrected chi connectivity index (χ0v) is 7.73. The second-order valence-corrected chi connectivity index (χ2v) is 3.13. The molecule has 0 aliphatic heterocycles. The van der Waals surface area contributed by atoms with Crippen LogP contribution in [0.3, 0.4) is 0 Å². The van der Waals surface area contributed by atoms with Gasteiger partial charge in [-0.25, -0.2) is 15.0 Å². The number of H-pyrrole nitrogens is 2. The monoisotopic (exact) mass is 200 g/mol. The Labute approximate surface area is 84.6 Å². The molecule has 15 heavy (non-hydrogen) atoms. The lowest BCUT2D eigenvalue weighted by Crippen LogP contribution is -1.93. The maximum Gasteiger partial charge on any atom is 0.180 e. The summed E-state index contributed by atoms with van der Waals surface area (Å²) in [6, 6.07) is 1.76. The van der Waals surface area contributed by atoms with Crippen molar-refractivity contribution in [1.82, 2.24) is 24.9 Å². The van der Waals surface area contributed by atoms with Crippen molar-refractivity contribution in [3.8, 4) is 11.4 Å². The van der Waals surface area contributed by atoms with Crippen LogP contribution >= 0.6 is 0 Å². The van der Waals surface area contributed by atoms with Crippen molar-refractivity contribution in [1.29, 1.82) is 0 Å². The van der Waals surface area contributed by atoms with E-state index in [1.807, 2.05) is 0 Å². The number of imidazole rings is 2. The zero-order chi connectivity index (χ0) is 10.3. The summed E-state index contributed by atoms with van der Waals surface area (Å²) in [5, 5.41) is 0. The second kappa shape index (κ2) is 2.81. The van der Waals surface area contributed by atoms with Gasteiger partial charge in [0, 0.05) is 18.0 Å². The summed E-state index contributed by atoms with van der Waals surface area (Å²) in [6.45, 7) is 0. The molecule has 0 bridgehead atoms. The van der Waals surface area contributed by atoms with E-state index in [4.69, 9.17) is 5.73 Å². The molecule has 74 valence electrons. The van der Waals surface area contributed by atoms with Crippen LogP contribution < -0.4 is 5.73 Å². The minimum atomic E-state index is 0.431. The fourth-order valence-electron chi connectivity index (χ4n) is 1.54. The van der Waals surface area contributed by atoms with Gasteiger partial charge in [-0.1, -0.05) is 0 Å².